The summed E-state index contributed by atoms with van der Waals surface area (Å²) in [5.74, 6) is 0.137. The molecule has 256 valence electrons. The first-order valence-corrected chi connectivity index (χ1v) is 17.6. The molecule has 2 heterocycles. The Kier molecular flexibility index (Phi) is 11.6. The number of pyridine rings is 1. The third-order valence-electron chi connectivity index (χ3n) is 9.11. The van der Waals surface area contributed by atoms with Crippen LogP contribution in [0.4, 0.5) is 5.95 Å². The van der Waals surface area contributed by atoms with Gasteiger partial charge in [-0.05, 0) is 99.8 Å². The van der Waals surface area contributed by atoms with Gasteiger partial charge in [0.1, 0.15) is 17.3 Å². The zero-order valence-electron chi connectivity index (χ0n) is 29.5. The van der Waals surface area contributed by atoms with Crippen molar-refractivity contribution in [2.45, 2.75) is 117 Å². The third kappa shape index (κ3) is 9.67. The average molecular weight is 664 g/mol. The molecule has 1 atom stereocenters. The summed E-state index contributed by atoms with van der Waals surface area (Å²) in [6, 6.07) is 13.5. The van der Waals surface area contributed by atoms with Crippen molar-refractivity contribution in [1.29, 1.82) is 0 Å². The molecule has 3 aromatic rings. The van der Waals surface area contributed by atoms with Crippen molar-refractivity contribution in [3.8, 4) is 17.1 Å². The molecule has 1 spiro atoms. The van der Waals surface area contributed by atoms with Gasteiger partial charge in [0.05, 0.1) is 11.3 Å². The van der Waals surface area contributed by atoms with Gasteiger partial charge < -0.3 is 20.3 Å². The first-order chi connectivity index (χ1) is 22.1. The Morgan fingerprint density at radius 2 is 1.64 bits per heavy atom. The van der Waals surface area contributed by atoms with Gasteiger partial charge in [0.25, 0.3) is 0 Å². The van der Waals surface area contributed by atoms with Gasteiger partial charge >= 0.3 is 5.97 Å². The van der Waals surface area contributed by atoms with Gasteiger partial charge in [0.2, 0.25) is 11.8 Å². The average Bonchev–Trinajstić information content (AvgIpc) is 2.95. The van der Waals surface area contributed by atoms with E-state index in [1.54, 1.807) is 12.1 Å². The molecule has 0 saturated heterocycles. The van der Waals surface area contributed by atoms with Gasteiger partial charge in [-0.25, -0.2) is 14.8 Å². The minimum Gasteiger partial charge on any atom is -0.477 e. The number of aromatic carboxylic acids is 1. The highest BCUT2D eigenvalue weighted by molar-refractivity contribution is 8.00. The van der Waals surface area contributed by atoms with E-state index in [0.29, 0.717) is 40.8 Å². The van der Waals surface area contributed by atoms with Crippen LogP contribution in [0, 0.1) is 30.6 Å². The molecule has 0 aliphatic heterocycles. The SMILES string of the molecule is CC.Cc1cccc(C)c1-c1cc(OC[C@@H](CC(C)(C)C)NC2CC3(C2)CC(C(C)(C)O)C3)nc(NSc2cccc(C(=O)O)n2)n1. The molecule has 0 radical (unpaired) electrons. The van der Waals surface area contributed by atoms with E-state index in [9.17, 15) is 15.0 Å². The molecule has 0 amide bonds. The molecule has 5 rings (SSSR count). The number of aliphatic hydroxyl groups is 1. The summed E-state index contributed by atoms with van der Waals surface area (Å²) in [5.41, 5.74) is 3.85. The molecule has 9 nitrogen and oxygen atoms in total. The van der Waals surface area contributed by atoms with Gasteiger partial charge in [-0.2, -0.15) is 4.98 Å². The number of nitrogens with zero attached hydrogens (tertiary/aromatic N) is 3. The summed E-state index contributed by atoms with van der Waals surface area (Å²) < 4.78 is 9.59. The zero-order chi connectivity index (χ0) is 34.6. The predicted octanol–water partition coefficient (Wildman–Crippen LogP) is 8.10. The lowest BCUT2D eigenvalue weighted by atomic mass is 9.47. The second kappa shape index (κ2) is 14.9. The summed E-state index contributed by atoms with van der Waals surface area (Å²) in [6.07, 6.45) is 5.46. The van der Waals surface area contributed by atoms with Crippen LogP contribution in [0.15, 0.2) is 47.5 Å². The number of ether oxygens (including phenoxy) is 1. The van der Waals surface area contributed by atoms with Crippen LogP contribution in [0.2, 0.25) is 0 Å². The van der Waals surface area contributed by atoms with Crippen LogP contribution in [0.25, 0.3) is 11.3 Å². The van der Waals surface area contributed by atoms with Crippen molar-refractivity contribution in [3.63, 3.8) is 0 Å². The summed E-state index contributed by atoms with van der Waals surface area (Å²) in [6.45, 7) is 19.2. The van der Waals surface area contributed by atoms with E-state index in [0.717, 1.165) is 66.4 Å². The topological polar surface area (TPSA) is 129 Å². The van der Waals surface area contributed by atoms with E-state index in [-0.39, 0.29) is 17.2 Å². The van der Waals surface area contributed by atoms with E-state index in [2.05, 4.69) is 66.8 Å². The van der Waals surface area contributed by atoms with Crippen molar-refractivity contribution in [1.82, 2.24) is 20.3 Å². The Morgan fingerprint density at radius 3 is 2.23 bits per heavy atom. The fourth-order valence-electron chi connectivity index (χ4n) is 6.93. The Labute approximate surface area is 284 Å². The van der Waals surface area contributed by atoms with E-state index in [4.69, 9.17) is 9.72 Å². The van der Waals surface area contributed by atoms with Crippen LogP contribution in [-0.2, 0) is 0 Å². The number of rotatable bonds is 12. The van der Waals surface area contributed by atoms with E-state index in [1.165, 1.54) is 6.07 Å². The van der Waals surface area contributed by atoms with Crippen molar-refractivity contribution in [2.24, 2.45) is 16.7 Å². The minimum atomic E-state index is -1.08. The van der Waals surface area contributed by atoms with E-state index < -0.39 is 11.6 Å². The summed E-state index contributed by atoms with van der Waals surface area (Å²) in [5, 5.41) is 24.1. The standard InChI is InChI=1S/C35H47N5O4S.C2H6/c1-21-10-8-11-22(2)30(21)27-14-28(39-32(38-27)40-45-29-13-9-12-26(37-29)31(41)42)44-20-25(17-33(3,4)5)36-24-18-35(19-24)15-23(16-35)34(6,7)43;1-2/h8-14,23-25,36,43H,15-20H2,1-7H3,(H,41,42)(H,38,39,40);1-2H3/t23?,24?,25-,35?;/m1./s1. The van der Waals surface area contributed by atoms with E-state index >= 15 is 0 Å². The van der Waals surface area contributed by atoms with Crippen LogP contribution in [0.5, 0.6) is 5.88 Å². The van der Waals surface area contributed by atoms with Crippen molar-refractivity contribution in [3.05, 3.63) is 59.3 Å². The van der Waals surface area contributed by atoms with Gasteiger partial charge in [-0.3, -0.25) is 4.72 Å². The first-order valence-electron chi connectivity index (χ1n) is 16.8. The quantitative estimate of drug-likeness (QED) is 0.141. The maximum atomic E-state index is 11.4. The van der Waals surface area contributed by atoms with E-state index in [1.807, 2.05) is 39.8 Å². The molecular formula is C37H53N5O4S. The summed E-state index contributed by atoms with van der Waals surface area (Å²) in [7, 11) is 0. The fourth-order valence-corrected chi connectivity index (χ4v) is 7.50. The molecule has 1 aromatic carbocycles. The number of carboxylic acid groups (broad SMARTS) is 1. The normalized spacial score (nSPS) is 21.1. The Balaban J connectivity index is 0.00000245. The number of carboxylic acids is 1. The number of hydrogen-bond acceptors (Lipinski definition) is 9. The van der Waals surface area contributed by atoms with Gasteiger partial charge in [-0.1, -0.05) is 58.9 Å². The number of nitrogens with one attached hydrogen (secondary N) is 2. The molecule has 2 aliphatic carbocycles. The van der Waals surface area contributed by atoms with Crippen LogP contribution in [-0.4, -0.2) is 55.4 Å². The maximum absolute atomic E-state index is 11.4. The number of anilines is 1. The number of hydrogen-bond donors (Lipinski definition) is 4. The molecule has 2 fully saturated rings. The van der Waals surface area contributed by atoms with Crippen molar-refractivity contribution >= 4 is 23.9 Å². The molecule has 2 aromatic heterocycles. The van der Waals surface area contributed by atoms with Gasteiger partial charge in [0.15, 0.2) is 0 Å². The first kappa shape index (κ1) is 36.6. The number of aryl methyl sites for hydroxylation is 2. The molecule has 2 aliphatic rings. The second-order valence-electron chi connectivity index (χ2n) is 14.9. The highest BCUT2D eigenvalue weighted by Crippen LogP contribution is 2.61. The van der Waals surface area contributed by atoms with Crippen LogP contribution < -0.4 is 14.8 Å². The third-order valence-corrected chi connectivity index (χ3v) is 9.83. The summed E-state index contributed by atoms with van der Waals surface area (Å²) >= 11 is 1.15. The molecule has 0 bridgehead atoms. The molecule has 2 saturated carbocycles. The van der Waals surface area contributed by atoms with Crippen molar-refractivity contribution in [2.75, 3.05) is 11.3 Å². The van der Waals surface area contributed by atoms with Crippen molar-refractivity contribution < 1.29 is 19.7 Å². The Bertz CT molecular complexity index is 1500. The lowest BCUT2D eigenvalue weighted by molar-refractivity contribution is -0.130. The zero-order valence-corrected chi connectivity index (χ0v) is 30.3. The van der Waals surface area contributed by atoms with Gasteiger partial charge in [0, 0.05) is 35.7 Å². The maximum Gasteiger partial charge on any atom is 0.354 e. The molecule has 0 unspecified atom stereocenters. The molecule has 47 heavy (non-hydrogen) atoms. The molecule has 10 heteroatoms. The minimum absolute atomic E-state index is 0.0276. The smallest absolute Gasteiger partial charge is 0.354 e. The molecule has 4 N–H and O–H groups in total. The van der Waals surface area contributed by atoms with Crippen LogP contribution in [0.1, 0.15) is 102 Å². The number of carbonyl (C=O) groups is 1. The Morgan fingerprint density at radius 1 is 1.00 bits per heavy atom. The second-order valence-corrected chi connectivity index (χ2v) is 15.7. The lowest BCUT2D eigenvalue weighted by Crippen LogP contribution is -2.60. The van der Waals surface area contributed by atoms with Crippen LogP contribution in [0.3, 0.4) is 0 Å². The largest absolute Gasteiger partial charge is 0.477 e. The fraction of sp³-hybridized carbons (Fsp3) is 0.568. The monoisotopic (exact) mass is 663 g/mol. The highest BCUT2D eigenvalue weighted by Gasteiger charge is 2.56. The van der Waals surface area contributed by atoms with Gasteiger partial charge in [-0.15, -0.1) is 0 Å². The predicted molar refractivity (Wildman–Crippen MR) is 190 cm³/mol. The van der Waals surface area contributed by atoms with Crippen LogP contribution >= 0.6 is 11.9 Å². The summed E-state index contributed by atoms with van der Waals surface area (Å²) in [4.78, 5) is 25.1. The number of benzene rings is 1. The highest BCUT2D eigenvalue weighted by atomic mass is 32.2. The number of aromatic nitrogens is 3. The molecular weight excluding hydrogens is 611 g/mol. The Hall–Kier alpha value is -3.21. The lowest BCUT2D eigenvalue weighted by Gasteiger charge is -2.61.